The number of tetrazole rings is 1. The first-order valence-corrected chi connectivity index (χ1v) is 5.83. The molecule has 0 N–H and O–H groups in total. The molecule has 1 aliphatic rings. The Balaban J connectivity index is 2.07. The van der Waals surface area contributed by atoms with E-state index in [4.69, 9.17) is 9.47 Å². The van der Waals surface area contributed by atoms with E-state index in [9.17, 15) is 0 Å². The van der Waals surface area contributed by atoms with Gasteiger partial charge in [0, 0.05) is 6.07 Å². The van der Waals surface area contributed by atoms with Crippen molar-refractivity contribution in [3.8, 4) is 17.2 Å². The molecule has 0 saturated carbocycles. The first kappa shape index (κ1) is 9.46. The fourth-order valence-electron chi connectivity index (χ4n) is 1.49. The van der Waals surface area contributed by atoms with Crippen molar-refractivity contribution in [3.63, 3.8) is 0 Å². The van der Waals surface area contributed by atoms with Gasteiger partial charge in [0.25, 0.3) is 0 Å². The zero-order valence-corrected chi connectivity index (χ0v) is 9.27. The molecule has 7 heteroatoms. The van der Waals surface area contributed by atoms with Gasteiger partial charge in [-0.1, -0.05) is 11.8 Å². The van der Waals surface area contributed by atoms with E-state index in [1.807, 2.05) is 24.5 Å². The molecular formula is C9H8N4O2S. The monoisotopic (exact) mass is 236 g/mol. The summed E-state index contributed by atoms with van der Waals surface area (Å²) in [5, 5.41) is 12.2. The lowest BCUT2D eigenvalue weighted by Gasteiger charge is -2.03. The van der Waals surface area contributed by atoms with E-state index < -0.39 is 0 Å². The van der Waals surface area contributed by atoms with E-state index >= 15 is 0 Å². The topological polar surface area (TPSA) is 62.1 Å². The van der Waals surface area contributed by atoms with Crippen LogP contribution in [-0.4, -0.2) is 33.3 Å². The Morgan fingerprint density at radius 2 is 2.19 bits per heavy atom. The molecule has 0 fully saturated rings. The molecule has 6 nitrogen and oxygen atoms in total. The van der Waals surface area contributed by atoms with Crippen LogP contribution in [0, 0.1) is 0 Å². The van der Waals surface area contributed by atoms with Gasteiger partial charge in [-0.2, -0.15) is 4.68 Å². The highest BCUT2D eigenvalue weighted by Crippen LogP contribution is 2.33. The second-order valence-electron chi connectivity index (χ2n) is 3.11. The Morgan fingerprint density at radius 3 is 3.06 bits per heavy atom. The van der Waals surface area contributed by atoms with Gasteiger partial charge in [-0.25, -0.2) is 0 Å². The zero-order valence-electron chi connectivity index (χ0n) is 8.45. The number of hydrogen-bond acceptors (Lipinski definition) is 6. The molecule has 0 spiro atoms. The SMILES string of the molecule is CSc1nnnn1-c1ccc2c(c1)OCO2. The Kier molecular flexibility index (Phi) is 2.17. The smallest absolute Gasteiger partial charge is 0.231 e. The molecule has 1 aromatic heterocycles. The average molecular weight is 236 g/mol. The summed E-state index contributed by atoms with van der Waals surface area (Å²) in [4.78, 5) is 0. The molecule has 0 bridgehead atoms. The van der Waals surface area contributed by atoms with Crippen LogP contribution >= 0.6 is 11.8 Å². The Bertz CT molecular complexity index is 528. The van der Waals surface area contributed by atoms with Gasteiger partial charge < -0.3 is 9.47 Å². The van der Waals surface area contributed by atoms with Crippen molar-refractivity contribution >= 4 is 11.8 Å². The van der Waals surface area contributed by atoms with Crippen LogP contribution in [0.3, 0.4) is 0 Å². The molecule has 82 valence electrons. The molecule has 0 atom stereocenters. The summed E-state index contributed by atoms with van der Waals surface area (Å²) in [5.41, 5.74) is 0.860. The maximum absolute atomic E-state index is 5.30. The van der Waals surface area contributed by atoms with Crippen molar-refractivity contribution in [1.29, 1.82) is 0 Å². The highest BCUT2D eigenvalue weighted by molar-refractivity contribution is 7.98. The predicted molar refractivity (Wildman–Crippen MR) is 57.1 cm³/mol. The van der Waals surface area contributed by atoms with Gasteiger partial charge in [0.1, 0.15) is 0 Å². The van der Waals surface area contributed by atoms with Crippen LogP contribution in [0.4, 0.5) is 0 Å². The van der Waals surface area contributed by atoms with Crippen LogP contribution in [0.5, 0.6) is 11.5 Å². The van der Waals surface area contributed by atoms with Crippen molar-refractivity contribution in [3.05, 3.63) is 18.2 Å². The number of thioether (sulfide) groups is 1. The van der Waals surface area contributed by atoms with E-state index in [-0.39, 0.29) is 6.79 Å². The number of aromatic nitrogens is 4. The predicted octanol–water partition coefficient (Wildman–Crippen LogP) is 1.11. The van der Waals surface area contributed by atoms with Crippen LogP contribution < -0.4 is 9.47 Å². The number of rotatable bonds is 2. The third-order valence-corrected chi connectivity index (χ3v) is 2.84. The molecule has 3 rings (SSSR count). The summed E-state index contributed by atoms with van der Waals surface area (Å²) in [6.45, 7) is 0.268. The summed E-state index contributed by atoms with van der Waals surface area (Å²) < 4.78 is 12.2. The van der Waals surface area contributed by atoms with E-state index in [0.717, 1.165) is 22.3 Å². The van der Waals surface area contributed by atoms with Gasteiger partial charge in [-0.05, 0) is 28.8 Å². The normalized spacial score (nSPS) is 13.1. The molecule has 0 radical (unpaired) electrons. The molecule has 0 saturated heterocycles. The standard InChI is InChI=1S/C9H8N4O2S/c1-16-9-10-11-12-13(9)6-2-3-7-8(4-6)15-5-14-7/h2-4H,5H2,1H3. The lowest BCUT2D eigenvalue weighted by molar-refractivity contribution is 0.174. The highest BCUT2D eigenvalue weighted by Gasteiger charge is 2.15. The lowest BCUT2D eigenvalue weighted by Crippen LogP contribution is -1.98. The summed E-state index contributed by atoms with van der Waals surface area (Å²) in [6, 6.07) is 5.60. The fourth-order valence-corrected chi connectivity index (χ4v) is 1.92. The van der Waals surface area contributed by atoms with E-state index in [2.05, 4.69) is 15.5 Å². The van der Waals surface area contributed by atoms with Crippen LogP contribution in [-0.2, 0) is 0 Å². The summed E-state index contributed by atoms with van der Waals surface area (Å²) >= 11 is 1.48. The van der Waals surface area contributed by atoms with Gasteiger partial charge >= 0.3 is 0 Å². The van der Waals surface area contributed by atoms with Crippen LogP contribution in [0.1, 0.15) is 0 Å². The van der Waals surface area contributed by atoms with E-state index in [0.29, 0.717) is 0 Å². The van der Waals surface area contributed by atoms with Crippen LogP contribution in [0.25, 0.3) is 5.69 Å². The summed E-state index contributed by atoms with van der Waals surface area (Å²) in [6.07, 6.45) is 1.93. The Hall–Kier alpha value is -1.76. The minimum atomic E-state index is 0.268. The molecule has 16 heavy (non-hydrogen) atoms. The second kappa shape index (κ2) is 3.67. The average Bonchev–Trinajstić information content (AvgIpc) is 2.96. The van der Waals surface area contributed by atoms with Crippen molar-refractivity contribution in [2.75, 3.05) is 13.0 Å². The van der Waals surface area contributed by atoms with Gasteiger partial charge in [0.15, 0.2) is 11.5 Å². The Morgan fingerprint density at radius 1 is 1.31 bits per heavy atom. The van der Waals surface area contributed by atoms with Crippen LogP contribution in [0.2, 0.25) is 0 Å². The Labute approximate surface area is 95.5 Å². The quantitative estimate of drug-likeness (QED) is 0.728. The lowest BCUT2D eigenvalue weighted by atomic mass is 10.3. The van der Waals surface area contributed by atoms with Crippen LogP contribution in [0.15, 0.2) is 23.4 Å². The molecule has 2 aromatic rings. The van der Waals surface area contributed by atoms with E-state index in [1.54, 1.807) is 4.68 Å². The minimum Gasteiger partial charge on any atom is -0.454 e. The second-order valence-corrected chi connectivity index (χ2v) is 3.89. The molecule has 1 aromatic carbocycles. The summed E-state index contributed by atoms with van der Waals surface area (Å²) in [5.74, 6) is 1.47. The van der Waals surface area contributed by atoms with Gasteiger partial charge in [-0.15, -0.1) is 5.10 Å². The number of fused-ring (bicyclic) bond motifs is 1. The third kappa shape index (κ3) is 1.40. The number of nitrogens with zero attached hydrogens (tertiary/aromatic N) is 4. The minimum absolute atomic E-state index is 0.268. The first-order chi connectivity index (χ1) is 7.88. The highest BCUT2D eigenvalue weighted by atomic mass is 32.2. The van der Waals surface area contributed by atoms with Gasteiger partial charge in [-0.3, -0.25) is 0 Å². The largest absolute Gasteiger partial charge is 0.454 e. The zero-order chi connectivity index (χ0) is 11.0. The molecule has 0 unspecified atom stereocenters. The van der Waals surface area contributed by atoms with Gasteiger partial charge in [0.05, 0.1) is 5.69 Å². The van der Waals surface area contributed by atoms with Crippen molar-refractivity contribution in [1.82, 2.24) is 20.2 Å². The first-order valence-electron chi connectivity index (χ1n) is 4.61. The number of benzene rings is 1. The molecule has 0 amide bonds. The molecule has 1 aliphatic heterocycles. The van der Waals surface area contributed by atoms with Crippen molar-refractivity contribution in [2.24, 2.45) is 0 Å². The maximum Gasteiger partial charge on any atom is 0.231 e. The van der Waals surface area contributed by atoms with Crippen molar-refractivity contribution in [2.45, 2.75) is 5.16 Å². The van der Waals surface area contributed by atoms with Crippen molar-refractivity contribution < 1.29 is 9.47 Å². The number of hydrogen-bond donors (Lipinski definition) is 0. The molecule has 0 aliphatic carbocycles. The maximum atomic E-state index is 5.30. The molecule has 2 heterocycles. The fraction of sp³-hybridized carbons (Fsp3) is 0.222. The van der Waals surface area contributed by atoms with Gasteiger partial charge in [0.2, 0.25) is 11.9 Å². The molecular weight excluding hydrogens is 228 g/mol. The number of ether oxygens (including phenoxy) is 2. The third-order valence-electron chi connectivity index (χ3n) is 2.22. The van der Waals surface area contributed by atoms with E-state index in [1.165, 1.54) is 11.8 Å². The summed E-state index contributed by atoms with van der Waals surface area (Å²) in [7, 11) is 0.